The number of hydrogen-bond donors (Lipinski definition) is 0. The second-order valence-electron chi connectivity index (χ2n) is 6.05. The fourth-order valence-electron chi connectivity index (χ4n) is 3.36. The van der Waals surface area contributed by atoms with Gasteiger partial charge >= 0.3 is 0 Å². The van der Waals surface area contributed by atoms with E-state index in [1.165, 1.54) is 27.8 Å². The molecule has 130 valence electrons. The molecule has 0 saturated heterocycles. The maximum Gasteiger partial charge on any atom is 0.161 e. The van der Waals surface area contributed by atoms with Gasteiger partial charge in [0.25, 0.3) is 0 Å². The monoisotopic (exact) mass is 470 g/mol. The molecule has 0 fully saturated rings. The number of hydrogen-bond acceptors (Lipinski definition) is 2. The van der Waals surface area contributed by atoms with Gasteiger partial charge in [0.2, 0.25) is 0 Å². The van der Waals surface area contributed by atoms with Crippen LogP contribution in [0.4, 0.5) is 0 Å². The molecule has 0 radical (unpaired) electrons. The Morgan fingerprint density at radius 3 is 1.77 bits per heavy atom. The molecule has 0 saturated carbocycles. The Balaban J connectivity index is 1.92. The molecule has 0 N–H and O–H groups in total. The summed E-state index contributed by atoms with van der Waals surface area (Å²) < 4.78 is 12.9. The normalized spacial score (nSPS) is 11.8. The van der Waals surface area contributed by atoms with Gasteiger partial charge in [-0.3, -0.25) is 0 Å². The van der Waals surface area contributed by atoms with E-state index in [9.17, 15) is 0 Å². The Kier molecular flexibility index (Phi) is 4.63. The van der Waals surface area contributed by atoms with E-state index in [1.54, 1.807) is 14.2 Å². The van der Waals surface area contributed by atoms with E-state index < -0.39 is 0 Å². The maximum atomic E-state index is 5.45. The van der Waals surface area contributed by atoms with Gasteiger partial charge in [-0.2, -0.15) is 0 Å². The minimum absolute atomic E-state index is 0.726. The van der Waals surface area contributed by atoms with Gasteiger partial charge in [-0.15, -0.1) is 0 Å². The van der Waals surface area contributed by atoms with Crippen molar-refractivity contribution in [1.29, 1.82) is 0 Å². The minimum Gasteiger partial charge on any atom is -0.493 e. The fraction of sp³-hybridized carbons (Fsp3) is 0.0909. The molecule has 4 heteroatoms. The zero-order valence-corrected chi connectivity index (χ0v) is 17.5. The molecule has 4 rings (SSSR count). The zero-order valence-electron chi connectivity index (χ0n) is 14.3. The molecule has 1 aliphatic rings. The standard InChI is InChI=1S/C22H16Br2O2/c1-25-21-8-3-13(10-22(21)26-2)9-18-19-11-14(23)4-6-16(19)17-7-5-15(24)12-20(17)18/h3-12H,1-2H3. The van der Waals surface area contributed by atoms with Crippen LogP contribution in [0.3, 0.4) is 0 Å². The molecule has 3 aromatic carbocycles. The highest BCUT2D eigenvalue weighted by Crippen LogP contribution is 2.47. The number of methoxy groups -OCH3 is 2. The highest BCUT2D eigenvalue weighted by Gasteiger charge is 2.24. The highest BCUT2D eigenvalue weighted by atomic mass is 79.9. The van der Waals surface area contributed by atoms with Crippen LogP contribution < -0.4 is 9.47 Å². The van der Waals surface area contributed by atoms with E-state index in [1.807, 2.05) is 18.2 Å². The summed E-state index contributed by atoms with van der Waals surface area (Å²) in [5.41, 5.74) is 7.22. The van der Waals surface area contributed by atoms with Crippen molar-refractivity contribution in [2.45, 2.75) is 0 Å². The summed E-state index contributed by atoms with van der Waals surface area (Å²) in [6.07, 6.45) is 2.20. The number of rotatable bonds is 3. The summed E-state index contributed by atoms with van der Waals surface area (Å²) in [5, 5.41) is 0. The third-order valence-corrected chi connectivity index (χ3v) is 5.54. The van der Waals surface area contributed by atoms with Gasteiger partial charge < -0.3 is 9.47 Å². The molecule has 0 spiro atoms. The van der Waals surface area contributed by atoms with Crippen molar-refractivity contribution in [2.24, 2.45) is 0 Å². The van der Waals surface area contributed by atoms with Crippen LogP contribution in [-0.4, -0.2) is 14.2 Å². The Morgan fingerprint density at radius 1 is 0.654 bits per heavy atom. The van der Waals surface area contributed by atoms with Crippen molar-refractivity contribution >= 4 is 43.5 Å². The molecule has 0 aromatic heterocycles. The molecule has 0 aliphatic heterocycles. The second kappa shape index (κ2) is 6.93. The lowest BCUT2D eigenvalue weighted by Crippen LogP contribution is -1.91. The average molecular weight is 472 g/mol. The smallest absolute Gasteiger partial charge is 0.161 e. The molecular weight excluding hydrogens is 456 g/mol. The van der Waals surface area contributed by atoms with E-state index in [0.717, 1.165) is 26.0 Å². The molecule has 26 heavy (non-hydrogen) atoms. The average Bonchev–Trinajstić information content (AvgIpc) is 2.94. The Labute approximate surface area is 169 Å². The third kappa shape index (κ3) is 2.97. The first-order valence-corrected chi connectivity index (χ1v) is 9.73. The van der Waals surface area contributed by atoms with E-state index >= 15 is 0 Å². The van der Waals surface area contributed by atoms with Crippen molar-refractivity contribution < 1.29 is 9.47 Å². The lowest BCUT2D eigenvalue weighted by molar-refractivity contribution is 0.355. The van der Waals surface area contributed by atoms with Crippen molar-refractivity contribution in [2.75, 3.05) is 14.2 Å². The highest BCUT2D eigenvalue weighted by molar-refractivity contribution is 9.10. The quantitative estimate of drug-likeness (QED) is 0.327. The van der Waals surface area contributed by atoms with Gasteiger partial charge in [-0.05, 0) is 75.9 Å². The lowest BCUT2D eigenvalue weighted by Gasteiger charge is -2.09. The van der Waals surface area contributed by atoms with Crippen LogP contribution in [0.25, 0.3) is 22.8 Å². The molecule has 0 atom stereocenters. The molecule has 0 bridgehead atoms. The van der Waals surface area contributed by atoms with Gasteiger partial charge in [0.15, 0.2) is 11.5 Å². The summed E-state index contributed by atoms with van der Waals surface area (Å²) in [4.78, 5) is 0. The van der Waals surface area contributed by atoms with E-state index in [-0.39, 0.29) is 0 Å². The Hall–Kier alpha value is -2.04. The molecule has 0 unspecified atom stereocenters. The number of fused-ring (bicyclic) bond motifs is 3. The van der Waals surface area contributed by atoms with Gasteiger partial charge in [-0.25, -0.2) is 0 Å². The fourth-order valence-corrected chi connectivity index (χ4v) is 4.08. The first-order valence-electron chi connectivity index (χ1n) is 8.14. The second-order valence-corrected chi connectivity index (χ2v) is 7.88. The number of halogens is 2. The van der Waals surface area contributed by atoms with E-state index in [0.29, 0.717) is 0 Å². The SMILES string of the molecule is COc1ccc(C=C2c3cc(Br)ccc3-c3ccc(Br)cc32)cc1OC. The van der Waals surface area contributed by atoms with Crippen molar-refractivity contribution in [3.8, 4) is 22.6 Å². The summed E-state index contributed by atoms with van der Waals surface area (Å²) in [6, 6.07) is 18.8. The van der Waals surface area contributed by atoms with Gasteiger partial charge in [0, 0.05) is 8.95 Å². The Morgan fingerprint density at radius 2 is 1.23 bits per heavy atom. The molecule has 1 aliphatic carbocycles. The predicted molar refractivity (Wildman–Crippen MR) is 114 cm³/mol. The van der Waals surface area contributed by atoms with E-state index in [2.05, 4.69) is 74.3 Å². The zero-order chi connectivity index (χ0) is 18.3. The minimum atomic E-state index is 0.726. The lowest BCUT2D eigenvalue weighted by atomic mass is 10.0. The summed E-state index contributed by atoms with van der Waals surface area (Å²) in [6.45, 7) is 0. The summed E-state index contributed by atoms with van der Waals surface area (Å²) in [7, 11) is 3.30. The van der Waals surface area contributed by atoms with Gasteiger partial charge in [0.05, 0.1) is 14.2 Å². The van der Waals surface area contributed by atoms with Crippen LogP contribution in [0.1, 0.15) is 16.7 Å². The molecule has 0 heterocycles. The van der Waals surface area contributed by atoms with Crippen LogP contribution in [0.2, 0.25) is 0 Å². The summed E-state index contributed by atoms with van der Waals surface area (Å²) in [5.74, 6) is 1.45. The van der Waals surface area contributed by atoms with Crippen LogP contribution in [0.5, 0.6) is 11.5 Å². The van der Waals surface area contributed by atoms with Gasteiger partial charge in [-0.1, -0.05) is 50.1 Å². The largest absolute Gasteiger partial charge is 0.493 e. The van der Waals surface area contributed by atoms with Gasteiger partial charge in [0.1, 0.15) is 0 Å². The number of ether oxygens (including phenoxy) is 2. The Bertz CT molecular complexity index is 985. The topological polar surface area (TPSA) is 18.5 Å². The third-order valence-electron chi connectivity index (χ3n) is 4.55. The van der Waals surface area contributed by atoms with E-state index in [4.69, 9.17) is 9.47 Å². The van der Waals surface area contributed by atoms with Crippen LogP contribution in [0, 0.1) is 0 Å². The molecule has 0 amide bonds. The maximum absolute atomic E-state index is 5.45. The summed E-state index contributed by atoms with van der Waals surface area (Å²) >= 11 is 7.21. The van der Waals surface area contributed by atoms with Crippen molar-refractivity contribution in [1.82, 2.24) is 0 Å². The molecular formula is C22H16Br2O2. The van der Waals surface area contributed by atoms with Crippen molar-refractivity contribution in [3.63, 3.8) is 0 Å². The van der Waals surface area contributed by atoms with Crippen LogP contribution in [0.15, 0.2) is 63.5 Å². The molecule has 2 nitrogen and oxygen atoms in total. The van der Waals surface area contributed by atoms with Crippen molar-refractivity contribution in [3.05, 3.63) is 80.2 Å². The first kappa shape index (κ1) is 17.4. The number of benzene rings is 3. The van der Waals surface area contributed by atoms with Crippen LogP contribution in [-0.2, 0) is 0 Å². The molecule has 3 aromatic rings. The van der Waals surface area contributed by atoms with Crippen LogP contribution >= 0.6 is 31.9 Å². The predicted octanol–water partition coefficient (Wildman–Crippen LogP) is 6.80. The first-order chi connectivity index (χ1) is 12.6.